The Morgan fingerprint density at radius 1 is 0.322 bits per heavy atom. The minimum Gasteiger partial charge on any atom is -0.462 e. The molecule has 6 atom stereocenters. The van der Waals surface area contributed by atoms with Gasteiger partial charge in [0.25, 0.3) is 0 Å². The zero-order valence-electron chi connectivity index (χ0n) is 56.2. The van der Waals surface area contributed by atoms with Crippen LogP contribution in [0.15, 0.2) is 0 Å². The van der Waals surface area contributed by atoms with Crippen molar-refractivity contribution in [2.75, 3.05) is 39.6 Å². The lowest BCUT2D eigenvalue weighted by Crippen LogP contribution is -2.30. The van der Waals surface area contributed by atoms with Crippen LogP contribution in [-0.2, 0) is 65.4 Å². The second-order valence-electron chi connectivity index (χ2n) is 24.8. The Labute approximate surface area is 530 Å². The van der Waals surface area contributed by atoms with E-state index in [-0.39, 0.29) is 25.7 Å². The van der Waals surface area contributed by atoms with Gasteiger partial charge in [-0.15, -0.1) is 0 Å². The number of aliphatic hydroxyl groups is 1. The van der Waals surface area contributed by atoms with Crippen LogP contribution in [0.1, 0.15) is 349 Å². The average molecular weight is 1280 g/mol. The van der Waals surface area contributed by atoms with Gasteiger partial charge in [0.1, 0.15) is 19.3 Å². The Balaban J connectivity index is 5.19. The van der Waals surface area contributed by atoms with E-state index in [2.05, 4.69) is 34.6 Å². The fraction of sp³-hybridized carbons (Fsp3) is 0.941. The molecule has 0 heterocycles. The number of carbonyl (C=O) groups excluding carboxylic acids is 4. The molecule has 0 aromatic rings. The number of esters is 4. The molecule has 0 radical (unpaired) electrons. The quantitative estimate of drug-likeness (QED) is 0.0222. The smallest absolute Gasteiger partial charge is 0.462 e. The highest BCUT2D eigenvalue weighted by atomic mass is 31.2. The molecule has 0 rings (SSSR count). The zero-order valence-corrected chi connectivity index (χ0v) is 57.9. The van der Waals surface area contributed by atoms with E-state index >= 15 is 0 Å². The highest BCUT2D eigenvalue weighted by Crippen LogP contribution is 2.45. The number of phosphoric ester groups is 2. The molecule has 0 aromatic carbocycles. The van der Waals surface area contributed by atoms with Gasteiger partial charge in [0.2, 0.25) is 0 Å². The molecule has 0 amide bonds. The van der Waals surface area contributed by atoms with Gasteiger partial charge in [0.05, 0.1) is 26.4 Å². The third-order valence-electron chi connectivity index (χ3n) is 16.1. The summed E-state index contributed by atoms with van der Waals surface area (Å²) in [7, 11) is -9.89. The Morgan fingerprint density at radius 2 is 0.552 bits per heavy atom. The van der Waals surface area contributed by atoms with Gasteiger partial charge in [-0.2, -0.15) is 0 Å². The van der Waals surface area contributed by atoms with Crippen LogP contribution in [0.25, 0.3) is 0 Å². The summed E-state index contributed by atoms with van der Waals surface area (Å²) in [4.78, 5) is 72.3. The van der Waals surface area contributed by atoms with Crippen molar-refractivity contribution < 1.29 is 80.2 Å². The van der Waals surface area contributed by atoms with Crippen molar-refractivity contribution in [3.05, 3.63) is 0 Å². The maximum Gasteiger partial charge on any atom is 0.472 e. The summed E-state index contributed by atoms with van der Waals surface area (Å²) in [5, 5.41) is 10.6. The van der Waals surface area contributed by atoms with Gasteiger partial charge in [-0.05, 0) is 31.6 Å². The van der Waals surface area contributed by atoms with Gasteiger partial charge in [0, 0.05) is 25.7 Å². The summed E-state index contributed by atoms with van der Waals surface area (Å²) >= 11 is 0. The molecule has 516 valence electrons. The number of unbranched alkanes of at least 4 members (excludes halogenated alkanes) is 39. The maximum atomic E-state index is 13.0. The topological polar surface area (TPSA) is 237 Å². The number of hydrogen-bond acceptors (Lipinski definition) is 15. The average Bonchev–Trinajstić information content (AvgIpc) is 3.71. The Kier molecular flexibility index (Phi) is 60.2. The largest absolute Gasteiger partial charge is 0.472 e. The number of phosphoric acid groups is 2. The van der Waals surface area contributed by atoms with Gasteiger partial charge in [-0.25, -0.2) is 9.13 Å². The van der Waals surface area contributed by atoms with Gasteiger partial charge in [-0.1, -0.05) is 298 Å². The van der Waals surface area contributed by atoms with Crippen LogP contribution in [0, 0.1) is 5.92 Å². The molecule has 0 aliphatic heterocycles. The van der Waals surface area contributed by atoms with Gasteiger partial charge < -0.3 is 33.8 Å². The molecule has 0 fully saturated rings. The van der Waals surface area contributed by atoms with Crippen molar-refractivity contribution >= 4 is 39.5 Å². The summed E-state index contributed by atoms with van der Waals surface area (Å²) in [6.45, 7) is 7.25. The maximum absolute atomic E-state index is 13.0. The first-order chi connectivity index (χ1) is 42.1. The predicted molar refractivity (Wildman–Crippen MR) is 349 cm³/mol. The minimum absolute atomic E-state index is 0.106. The molecule has 0 bridgehead atoms. The number of carbonyl (C=O) groups is 4. The molecule has 19 heteroatoms. The molecule has 0 aliphatic rings. The molecule has 17 nitrogen and oxygen atoms in total. The van der Waals surface area contributed by atoms with E-state index < -0.39 is 97.5 Å². The van der Waals surface area contributed by atoms with Crippen LogP contribution in [0.4, 0.5) is 0 Å². The number of aliphatic hydroxyl groups excluding tert-OH is 1. The van der Waals surface area contributed by atoms with Crippen LogP contribution in [0.3, 0.4) is 0 Å². The predicted octanol–water partition coefficient (Wildman–Crippen LogP) is 19.4. The SMILES string of the molecule is CCCCCCCCCCCCCC(=O)OC[C@H](COP(=O)(O)OC[C@@H](O)COP(=O)(O)OC[C@@H](COC(=O)CCCCCCCCCC)OC(=O)CCCCCCCCCCCC)OC(=O)CCCCCCCCCCCCCCCCC(C)CC. The molecule has 87 heavy (non-hydrogen) atoms. The first kappa shape index (κ1) is 85.1. The molecule has 0 aliphatic carbocycles. The Morgan fingerprint density at radius 3 is 0.816 bits per heavy atom. The minimum atomic E-state index is -4.95. The summed E-state index contributed by atoms with van der Waals surface area (Å²) in [5.74, 6) is -1.28. The highest BCUT2D eigenvalue weighted by Gasteiger charge is 2.30. The Bertz CT molecular complexity index is 1690. The van der Waals surface area contributed by atoms with E-state index in [1.165, 1.54) is 167 Å². The van der Waals surface area contributed by atoms with E-state index in [1.54, 1.807) is 0 Å². The van der Waals surface area contributed by atoms with Crippen molar-refractivity contribution in [2.45, 2.75) is 368 Å². The second-order valence-corrected chi connectivity index (χ2v) is 27.7. The molecule has 3 N–H and O–H groups in total. The van der Waals surface area contributed by atoms with Crippen LogP contribution in [0.5, 0.6) is 0 Å². The molecular weight excluding hydrogens is 1150 g/mol. The molecule has 0 saturated carbocycles. The summed E-state index contributed by atoms with van der Waals surface area (Å²) < 4.78 is 68.1. The first-order valence-corrected chi connectivity index (χ1v) is 38.7. The van der Waals surface area contributed by atoms with Crippen molar-refractivity contribution in [1.82, 2.24) is 0 Å². The van der Waals surface area contributed by atoms with Crippen LogP contribution >= 0.6 is 15.6 Å². The number of hydrogen-bond donors (Lipinski definition) is 3. The summed E-state index contributed by atoms with van der Waals surface area (Å²) in [6, 6.07) is 0. The van der Waals surface area contributed by atoms with E-state index in [0.29, 0.717) is 25.7 Å². The monoisotopic (exact) mass is 1280 g/mol. The lowest BCUT2D eigenvalue weighted by Gasteiger charge is -2.21. The molecule has 0 spiro atoms. The summed E-state index contributed by atoms with van der Waals surface area (Å²) in [5.41, 5.74) is 0. The fourth-order valence-electron chi connectivity index (χ4n) is 10.3. The van der Waals surface area contributed by atoms with Gasteiger partial charge >= 0.3 is 39.5 Å². The molecular formula is C68H132O17P2. The third-order valence-corrected chi connectivity index (χ3v) is 18.0. The van der Waals surface area contributed by atoms with Crippen molar-refractivity contribution in [1.29, 1.82) is 0 Å². The van der Waals surface area contributed by atoms with E-state index in [4.69, 9.17) is 37.0 Å². The van der Waals surface area contributed by atoms with Gasteiger partial charge in [0.15, 0.2) is 12.2 Å². The summed E-state index contributed by atoms with van der Waals surface area (Å²) in [6.07, 6.45) is 47.1. The van der Waals surface area contributed by atoms with Crippen molar-refractivity contribution in [3.63, 3.8) is 0 Å². The zero-order chi connectivity index (χ0) is 64.2. The van der Waals surface area contributed by atoms with E-state index in [9.17, 15) is 43.2 Å². The number of ether oxygens (including phenoxy) is 4. The van der Waals surface area contributed by atoms with E-state index in [0.717, 1.165) is 102 Å². The lowest BCUT2D eigenvalue weighted by atomic mass is 9.99. The number of rotatable bonds is 68. The van der Waals surface area contributed by atoms with Crippen molar-refractivity contribution in [3.8, 4) is 0 Å². The van der Waals surface area contributed by atoms with Crippen LogP contribution in [-0.4, -0.2) is 96.7 Å². The van der Waals surface area contributed by atoms with Crippen LogP contribution in [0.2, 0.25) is 0 Å². The normalized spacial score (nSPS) is 14.4. The van der Waals surface area contributed by atoms with Crippen molar-refractivity contribution in [2.24, 2.45) is 5.92 Å². The lowest BCUT2D eigenvalue weighted by molar-refractivity contribution is -0.161. The highest BCUT2D eigenvalue weighted by molar-refractivity contribution is 7.47. The standard InChI is InChI=1S/C68H132O17P2/c1-6-10-13-16-19-22-28-33-37-42-47-52-66(71)79-58-64(85-68(73)54-49-44-39-34-30-27-25-24-26-29-31-35-40-45-50-61(5)9-4)60-83-87(76,77)81-56-62(69)55-80-86(74,75)82-59-63(57-78-65(70)51-46-41-36-21-18-15-12-8-3)84-67(72)53-48-43-38-32-23-20-17-14-11-7-2/h61-64,69H,6-60H2,1-5H3,(H,74,75)(H,76,77)/t61?,62-,63+,64+/m0/s1. The fourth-order valence-corrected chi connectivity index (χ4v) is 11.8. The molecule has 3 unspecified atom stereocenters. The molecule has 0 saturated heterocycles. The first-order valence-electron chi connectivity index (χ1n) is 35.7. The van der Waals surface area contributed by atoms with Gasteiger partial charge in [-0.3, -0.25) is 37.3 Å². The second kappa shape index (κ2) is 61.6. The third kappa shape index (κ3) is 61.3. The van der Waals surface area contributed by atoms with E-state index in [1.807, 2.05) is 0 Å². The Hall–Kier alpha value is -1.94. The molecule has 0 aromatic heterocycles. The van der Waals surface area contributed by atoms with Crippen LogP contribution < -0.4 is 0 Å².